The molecule has 0 unspecified atom stereocenters. The van der Waals surface area contributed by atoms with Crippen molar-refractivity contribution in [3.63, 3.8) is 0 Å². The van der Waals surface area contributed by atoms with E-state index in [9.17, 15) is 13.2 Å². The molecule has 1 saturated heterocycles. The Morgan fingerprint density at radius 1 is 1.11 bits per heavy atom. The van der Waals surface area contributed by atoms with Crippen LogP contribution < -0.4 is 5.32 Å². The van der Waals surface area contributed by atoms with Crippen LogP contribution in [0.4, 0.5) is 5.69 Å². The van der Waals surface area contributed by atoms with E-state index >= 15 is 0 Å². The smallest absolute Gasteiger partial charge is 0.181 e. The van der Waals surface area contributed by atoms with E-state index in [1.807, 2.05) is 56.3 Å². The number of halogens is 1. The molecule has 3 heterocycles. The first-order chi connectivity index (χ1) is 17.7. The van der Waals surface area contributed by atoms with Gasteiger partial charge in [-0.2, -0.15) is 0 Å². The van der Waals surface area contributed by atoms with Gasteiger partial charge in [0.05, 0.1) is 22.7 Å². The summed E-state index contributed by atoms with van der Waals surface area (Å²) >= 11 is 6.17. The van der Waals surface area contributed by atoms with Crippen molar-refractivity contribution < 1.29 is 17.7 Å². The maximum absolute atomic E-state index is 13.3. The quantitative estimate of drug-likeness (QED) is 0.281. The average Bonchev–Trinajstić information content (AvgIpc) is 3.21. The fourth-order valence-corrected chi connectivity index (χ4v) is 6.72. The molecule has 0 spiro atoms. The minimum Gasteiger partial charge on any atom is -0.380 e. The highest BCUT2D eigenvalue weighted by atomic mass is 35.5. The molecule has 1 aliphatic heterocycles. The first-order valence-corrected chi connectivity index (χ1v) is 14.5. The third kappa shape index (κ3) is 5.70. The Morgan fingerprint density at radius 3 is 2.59 bits per heavy atom. The van der Waals surface area contributed by atoms with Gasteiger partial charge in [0.25, 0.3) is 0 Å². The molecule has 2 aromatic heterocycles. The summed E-state index contributed by atoms with van der Waals surface area (Å²) in [5, 5.41) is 9.09. The topological polar surface area (TPSA) is 102 Å². The molecule has 9 heteroatoms. The number of fused-ring (bicyclic) bond motifs is 1. The van der Waals surface area contributed by atoms with E-state index < -0.39 is 9.84 Å². The van der Waals surface area contributed by atoms with Crippen molar-refractivity contribution >= 4 is 43.8 Å². The highest BCUT2D eigenvalue weighted by Gasteiger charge is 2.26. The second-order valence-electron chi connectivity index (χ2n) is 9.69. The number of carbonyl (C=O) groups is 1. The molecule has 7 nitrogen and oxygen atoms in total. The van der Waals surface area contributed by atoms with Crippen LogP contribution in [0.15, 0.2) is 53.1 Å². The van der Waals surface area contributed by atoms with Crippen LogP contribution in [0, 0.1) is 19.8 Å². The van der Waals surface area contributed by atoms with Gasteiger partial charge in [-0.05, 0) is 74.1 Å². The first-order valence-electron chi connectivity index (χ1n) is 12.3. The monoisotopic (exact) mass is 537 g/mol. The predicted octanol–water partition coefficient (Wildman–Crippen LogP) is 6.17. The van der Waals surface area contributed by atoms with E-state index in [-0.39, 0.29) is 23.2 Å². The molecule has 0 aliphatic carbocycles. The summed E-state index contributed by atoms with van der Waals surface area (Å²) in [7, 11) is -2.97. The van der Waals surface area contributed by atoms with Gasteiger partial charge in [-0.1, -0.05) is 35.0 Å². The molecule has 1 fully saturated rings. The number of hydrogen-bond acceptors (Lipinski definition) is 7. The number of anilines is 1. The Hall–Kier alpha value is -3.23. The molecular weight excluding hydrogens is 510 g/mol. The summed E-state index contributed by atoms with van der Waals surface area (Å²) in [6.45, 7) is 4.31. The van der Waals surface area contributed by atoms with Crippen molar-refractivity contribution in [1.82, 2.24) is 10.1 Å². The van der Waals surface area contributed by atoms with Crippen molar-refractivity contribution in [3.05, 3.63) is 76.3 Å². The van der Waals surface area contributed by atoms with E-state index in [0.29, 0.717) is 42.0 Å². The van der Waals surface area contributed by atoms with Gasteiger partial charge < -0.3 is 9.84 Å². The Bertz CT molecular complexity index is 1560. The lowest BCUT2D eigenvalue weighted by Crippen LogP contribution is -2.25. The van der Waals surface area contributed by atoms with Crippen LogP contribution >= 0.6 is 11.6 Å². The predicted molar refractivity (Wildman–Crippen MR) is 146 cm³/mol. The number of carbonyl (C=O) groups excluding carboxylic acids is 1. The van der Waals surface area contributed by atoms with Gasteiger partial charge in [0.15, 0.2) is 5.78 Å². The van der Waals surface area contributed by atoms with E-state index in [1.54, 1.807) is 6.07 Å². The van der Waals surface area contributed by atoms with Crippen molar-refractivity contribution in [2.75, 3.05) is 16.8 Å². The van der Waals surface area contributed by atoms with E-state index in [4.69, 9.17) is 21.1 Å². The SMILES string of the molecule is Cc1noc(C)c1-c1ccc2nc(C(=O)CC3CCS(=O)(=O)CC3)cc(NCc3cccc(Cl)c3)c2c1. The molecule has 0 radical (unpaired) electrons. The molecule has 2 aromatic carbocycles. The summed E-state index contributed by atoms with van der Waals surface area (Å²) in [6, 6.07) is 15.3. The second kappa shape index (κ2) is 10.3. The van der Waals surface area contributed by atoms with Crippen LogP contribution in [-0.4, -0.2) is 35.8 Å². The van der Waals surface area contributed by atoms with Crippen LogP contribution in [0.2, 0.25) is 5.02 Å². The van der Waals surface area contributed by atoms with Crippen LogP contribution in [-0.2, 0) is 16.4 Å². The van der Waals surface area contributed by atoms with Gasteiger partial charge in [-0.3, -0.25) is 4.79 Å². The molecule has 0 atom stereocenters. The zero-order chi connectivity index (χ0) is 26.2. The summed E-state index contributed by atoms with van der Waals surface area (Å²) in [5.74, 6) is 1.00. The Labute approximate surface area is 221 Å². The number of sulfone groups is 1. The van der Waals surface area contributed by atoms with E-state index in [2.05, 4.69) is 10.5 Å². The molecular formula is C28H28ClN3O4S. The van der Waals surface area contributed by atoms with Gasteiger partial charge in [-0.25, -0.2) is 13.4 Å². The first kappa shape index (κ1) is 25.4. The molecule has 192 valence electrons. The van der Waals surface area contributed by atoms with Gasteiger partial charge >= 0.3 is 0 Å². The number of rotatable bonds is 7. The number of benzene rings is 2. The van der Waals surface area contributed by atoms with Crippen molar-refractivity contribution in [2.45, 2.75) is 39.7 Å². The zero-order valence-electron chi connectivity index (χ0n) is 20.8. The normalized spacial score (nSPS) is 15.6. The second-order valence-corrected chi connectivity index (χ2v) is 12.4. The van der Waals surface area contributed by atoms with Crippen molar-refractivity contribution in [2.24, 2.45) is 5.92 Å². The largest absolute Gasteiger partial charge is 0.380 e. The summed E-state index contributed by atoms with van der Waals surface area (Å²) in [4.78, 5) is 18.0. The Morgan fingerprint density at radius 2 is 1.89 bits per heavy atom. The zero-order valence-corrected chi connectivity index (χ0v) is 22.3. The van der Waals surface area contributed by atoms with Crippen LogP contribution in [0.3, 0.4) is 0 Å². The number of nitrogens with zero attached hydrogens (tertiary/aromatic N) is 2. The summed E-state index contributed by atoms with van der Waals surface area (Å²) in [5.41, 5.74) is 5.57. The molecule has 1 aliphatic rings. The fourth-order valence-electron chi connectivity index (χ4n) is 4.92. The number of hydrogen-bond donors (Lipinski definition) is 1. The van der Waals surface area contributed by atoms with Crippen LogP contribution in [0.1, 0.15) is 46.8 Å². The highest BCUT2D eigenvalue weighted by Crippen LogP contribution is 2.33. The lowest BCUT2D eigenvalue weighted by atomic mass is 9.94. The maximum atomic E-state index is 13.3. The van der Waals surface area contributed by atoms with E-state index in [0.717, 1.165) is 39.2 Å². The molecule has 5 rings (SSSR count). The number of nitrogens with one attached hydrogen (secondary N) is 1. The lowest BCUT2D eigenvalue weighted by Gasteiger charge is -2.21. The molecule has 4 aromatic rings. The maximum Gasteiger partial charge on any atom is 0.181 e. The van der Waals surface area contributed by atoms with Crippen molar-refractivity contribution in [3.8, 4) is 11.1 Å². The minimum absolute atomic E-state index is 0.0540. The summed E-state index contributed by atoms with van der Waals surface area (Å²) in [6.07, 6.45) is 1.32. The van der Waals surface area contributed by atoms with Gasteiger partial charge in [0.2, 0.25) is 0 Å². The number of pyridine rings is 1. The number of Topliss-reactive ketones (excluding diaryl/α,β-unsaturated/α-hetero) is 1. The number of aromatic nitrogens is 2. The number of ketones is 1. The number of aryl methyl sites for hydroxylation is 2. The average molecular weight is 538 g/mol. The fraction of sp³-hybridized carbons (Fsp3) is 0.321. The Balaban J connectivity index is 1.50. The van der Waals surface area contributed by atoms with Crippen LogP contribution in [0.25, 0.3) is 22.0 Å². The third-order valence-electron chi connectivity index (χ3n) is 6.94. The van der Waals surface area contributed by atoms with Gasteiger partial charge in [-0.15, -0.1) is 0 Å². The van der Waals surface area contributed by atoms with Gasteiger partial charge in [0, 0.05) is 34.6 Å². The Kier molecular flexibility index (Phi) is 7.05. The molecule has 37 heavy (non-hydrogen) atoms. The summed E-state index contributed by atoms with van der Waals surface area (Å²) < 4.78 is 28.9. The van der Waals surface area contributed by atoms with Crippen LogP contribution in [0.5, 0.6) is 0 Å². The standard InChI is InChI=1S/C28H28ClN3O4S/c1-17-28(18(2)36-32-17)21-6-7-24-23(14-21)25(30-16-20-4-3-5-22(29)12-20)15-26(31-24)27(33)13-19-8-10-37(34,35)11-9-19/h3-7,12,14-15,19H,8-11,13,16H2,1-2H3,(H,30,31). The minimum atomic E-state index is -2.97. The molecule has 0 amide bonds. The highest BCUT2D eigenvalue weighted by molar-refractivity contribution is 7.91. The van der Waals surface area contributed by atoms with E-state index in [1.165, 1.54) is 0 Å². The molecule has 0 bridgehead atoms. The molecule has 1 N–H and O–H groups in total. The molecule has 0 saturated carbocycles. The van der Waals surface area contributed by atoms with Gasteiger partial charge in [0.1, 0.15) is 21.3 Å². The van der Waals surface area contributed by atoms with Crippen molar-refractivity contribution in [1.29, 1.82) is 0 Å². The third-order valence-corrected chi connectivity index (χ3v) is 8.89. The lowest BCUT2D eigenvalue weighted by molar-refractivity contribution is 0.0953.